The molecule has 0 aliphatic heterocycles. The average molecular weight is 261 g/mol. The van der Waals surface area contributed by atoms with Crippen molar-refractivity contribution in [1.82, 2.24) is 4.98 Å². The standard InChI is InChI=1S/C14H15NO2S/c1-9(2)10-4-6-11(7-5-10)13-15-12(8-18-13)14(16)17-3/h4-9H,1-3H3. The van der Waals surface area contributed by atoms with Crippen molar-refractivity contribution in [2.24, 2.45) is 0 Å². The van der Waals surface area contributed by atoms with Gasteiger partial charge in [0, 0.05) is 10.9 Å². The molecular weight excluding hydrogens is 246 g/mol. The van der Waals surface area contributed by atoms with Crippen molar-refractivity contribution in [2.75, 3.05) is 7.11 Å². The number of thiazole rings is 1. The normalized spacial score (nSPS) is 10.7. The number of nitrogens with zero attached hydrogens (tertiary/aromatic N) is 1. The summed E-state index contributed by atoms with van der Waals surface area (Å²) < 4.78 is 4.64. The zero-order chi connectivity index (χ0) is 13.1. The van der Waals surface area contributed by atoms with Crippen LogP contribution in [0.3, 0.4) is 0 Å². The van der Waals surface area contributed by atoms with Gasteiger partial charge in [-0.05, 0) is 11.5 Å². The Kier molecular flexibility index (Phi) is 3.77. The fourth-order valence-electron chi connectivity index (χ4n) is 1.62. The van der Waals surface area contributed by atoms with E-state index in [1.807, 2.05) is 12.1 Å². The Bertz CT molecular complexity index is 543. The van der Waals surface area contributed by atoms with Gasteiger partial charge in [0.1, 0.15) is 5.01 Å². The summed E-state index contributed by atoms with van der Waals surface area (Å²) in [6.07, 6.45) is 0. The van der Waals surface area contributed by atoms with Gasteiger partial charge >= 0.3 is 5.97 Å². The van der Waals surface area contributed by atoms with Crippen LogP contribution in [0.1, 0.15) is 35.8 Å². The first-order valence-electron chi connectivity index (χ1n) is 5.76. The lowest BCUT2D eigenvalue weighted by atomic mass is 10.0. The monoisotopic (exact) mass is 261 g/mol. The molecule has 3 nitrogen and oxygen atoms in total. The number of hydrogen-bond donors (Lipinski definition) is 0. The molecule has 0 radical (unpaired) electrons. The second kappa shape index (κ2) is 5.31. The van der Waals surface area contributed by atoms with Crippen LogP contribution in [-0.2, 0) is 4.74 Å². The third kappa shape index (κ3) is 2.59. The molecule has 0 amide bonds. The summed E-state index contributed by atoms with van der Waals surface area (Å²) in [4.78, 5) is 15.6. The maximum Gasteiger partial charge on any atom is 0.357 e. The molecule has 94 valence electrons. The highest BCUT2D eigenvalue weighted by Crippen LogP contribution is 2.25. The zero-order valence-corrected chi connectivity index (χ0v) is 11.5. The quantitative estimate of drug-likeness (QED) is 0.790. The molecule has 1 heterocycles. The van der Waals surface area contributed by atoms with Gasteiger partial charge in [-0.15, -0.1) is 11.3 Å². The molecule has 0 spiro atoms. The second-order valence-corrected chi connectivity index (χ2v) is 5.16. The Labute approximate surface area is 110 Å². The van der Waals surface area contributed by atoms with E-state index >= 15 is 0 Å². The highest BCUT2D eigenvalue weighted by molar-refractivity contribution is 7.13. The minimum Gasteiger partial charge on any atom is -0.464 e. The predicted octanol–water partition coefficient (Wildman–Crippen LogP) is 3.72. The average Bonchev–Trinajstić information content (AvgIpc) is 2.87. The maximum absolute atomic E-state index is 11.3. The minimum absolute atomic E-state index is 0.366. The molecule has 2 aromatic rings. The van der Waals surface area contributed by atoms with E-state index in [4.69, 9.17) is 0 Å². The van der Waals surface area contributed by atoms with E-state index < -0.39 is 5.97 Å². The number of aromatic nitrogens is 1. The molecular formula is C14H15NO2S. The molecule has 0 aliphatic rings. The Balaban J connectivity index is 2.26. The maximum atomic E-state index is 11.3. The van der Waals surface area contributed by atoms with Crippen LogP contribution in [0.2, 0.25) is 0 Å². The third-order valence-electron chi connectivity index (χ3n) is 2.72. The number of benzene rings is 1. The Morgan fingerprint density at radius 2 is 1.94 bits per heavy atom. The molecule has 0 aliphatic carbocycles. The topological polar surface area (TPSA) is 39.2 Å². The predicted molar refractivity (Wildman–Crippen MR) is 73.0 cm³/mol. The number of rotatable bonds is 3. The minimum atomic E-state index is -0.392. The van der Waals surface area contributed by atoms with Crippen molar-refractivity contribution < 1.29 is 9.53 Å². The Morgan fingerprint density at radius 1 is 1.28 bits per heavy atom. The first-order valence-corrected chi connectivity index (χ1v) is 6.64. The lowest BCUT2D eigenvalue weighted by Gasteiger charge is -2.05. The SMILES string of the molecule is COC(=O)c1csc(-c2ccc(C(C)C)cc2)n1. The number of ether oxygens (including phenoxy) is 1. The summed E-state index contributed by atoms with van der Waals surface area (Å²) in [7, 11) is 1.36. The van der Waals surface area contributed by atoms with E-state index in [9.17, 15) is 4.79 Å². The number of methoxy groups -OCH3 is 1. The fraction of sp³-hybridized carbons (Fsp3) is 0.286. The summed E-state index contributed by atoms with van der Waals surface area (Å²) in [5, 5.41) is 2.56. The van der Waals surface area contributed by atoms with Gasteiger partial charge in [0.15, 0.2) is 5.69 Å². The molecule has 0 atom stereocenters. The summed E-state index contributed by atoms with van der Waals surface area (Å²) in [5.41, 5.74) is 2.69. The Morgan fingerprint density at radius 3 is 2.50 bits per heavy atom. The number of hydrogen-bond acceptors (Lipinski definition) is 4. The van der Waals surface area contributed by atoms with Gasteiger partial charge in [0.2, 0.25) is 0 Å². The van der Waals surface area contributed by atoms with Crippen molar-refractivity contribution in [3.63, 3.8) is 0 Å². The van der Waals surface area contributed by atoms with Crippen molar-refractivity contribution in [3.05, 3.63) is 40.9 Å². The van der Waals surface area contributed by atoms with Crippen LogP contribution in [0.5, 0.6) is 0 Å². The van der Waals surface area contributed by atoms with Crippen LogP contribution < -0.4 is 0 Å². The van der Waals surface area contributed by atoms with Gasteiger partial charge in [-0.1, -0.05) is 38.1 Å². The summed E-state index contributed by atoms with van der Waals surface area (Å²) in [5.74, 6) is 0.122. The smallest absolute Gasteiger partial charge is 0.357 e. The summed E-state index contributed by atoms with van der Waals surface area (Å²) >= 11 is 1.45. The van der Waals surface area contributed by atoms with Crippen LogP contribution in [0, 0.1) is 0 Å². The van der Waals surface area contributed by atoms with Crippen LogP contribution in [0.25, 0.3) is 10.6 Å². The largest absolute Gasteiger partial charge is 0.464 e. The van der Waals surface area contributed by atoms with Gasteiger partial charge in [-0.3, -0.25) is 0 Å². The zero-order valence-electron chi connectivity index (χ0n) is 10.6. The highest BCUT2D eigenvalue weighted by atomic mass is 32.1. The first-order chi connectivity index (χ1) is 8.61. The molecule has 0 fully saturated rings. The molecule has 2 rings (SSSR count). The Hall–Kier alpha value is -1.68. The van der Waals surface area contributed by atoms with Gasteiger partial charge in [0.25, 0.3) is 0 Å². The van der Waals surface area contributed by atoms with E-state index in [2.05, 4.69) is 35.7 Å². The van der Waals surface area contributed by atoms with Crippen molar-refractivity contribution in [2.45, 2.75) is 19.8 Å². The number of carbonyl (C=O) groups excluding carboxylic acids is 1. The van der Waals surface area contributed by atoms with Crippen molar-refractivity contribution in [1.29, 1.82) is 0 Å². The van der Waals surface area contributed by atoms with Gasteiger partial charge in [-0.25, -0.2) is 9.78 Å². The number of carbonyl (C=O) groups is 1. The van der Waals surface area contributed by atoms with E-state index in [1.165, 1.54) is 24.0 Å². The van der Waals surface area contributed by atoms with Crippen LogP contribution >= 0.6 is 11.3 Å². The highest BCUT2D eigenvalue weighted by Gasteiger charge is 2.11. The van der Waals surface area contributed by atoms with Crippen LogP contribution in [0.15, 0.2) is 29.6 Å². The molecule has 0 N–H and O–H groups in total. The van der Waals surface area contributed by atoms with Crippen molar-refractivity contribution >= 4 is 17.3 Å². The lowest BCUT2D eigenvalue weighted by Crippen LogP contribution is -2.00. The molecule has 1 aromatic heterocycles. The third-order valence-corrected chi connectivity index (χ3v) is 3.61. The second-order valence-electron chi connectivity index (χ2n) is 4.31. The molecule has 18 heavy (non-hydrogen) atoms. The van der Waals surface area contributed by atoms with E-state index in [0.29, 0.717) is 11.6 Å². The lowest BCUT2D eigenvalue weighted by molar-refractivity contribution is 0.0595. The van der Waals surface area contributed by atoms with E-state index in [1.54, 1.807) is 5.38 Å². The molecule has 4 heteroatoms. The van der Waals surface area contributed by atoms with Crippen LogP contribution in [-0.4, -0.2) is 18.1 Å². The fourth-order valence-corrected chi connectivity index (χ4v) is 2.41. The molecule has 0 saturated carbocycles. The molecule has 0 unspecified atom stereocenters. The van der Waals surface area contributed by atoms with Gasteiger partial charge < -0.3 is 4.74 Å². The van der Waals surface area contributed by atoms with Gasteiger partial charge in [-0.2, -0.15) is 0 Å². The summed E-state index contributed by atoms with van der Waals surface area (Å²) in [6, 6.07) is 8.27. The summed E-state index contributed by atoms with van der Waals surface area (Å²) in [6.45, 7) is 4.32. The first kappa shape index (κ1) is 12.8. The van der Waals surface area contributed by atoms with Crippen LogP contribution in [0.4, 0.5) is 0 Å². The molecule has 1 aromatic carbocycles. The van der Waals surface area contributed by atoms with E-state index in [0.717, 1.165) is 10.6 Å². The molecule has 0 saturated heterocycles. The van der Waals surface area contributed by atoms with Crippen molar-refractivity contribution in [3.8, 4) is 10.6 Å². The molecule has 0 bridgehead atoms. The van der Waals surface area contributed by atoms with Gasteiger partial charge in [0.05, 0.1) is 7.11 Å². The van der Waals surface area contributed by atoms with E-state index in [-0.39, 0.29) is 0 Å². The number of esters is 1.